The van der Waals surface area contributed by atoms with E-state index in [1.54, 1.807) is 12.1 Å². The van der Waals surface area contributed by atoms with Crippen molar-refractivity contribution >= 4 is 0 Å². The van der Waals surface area contributed by atoms with Crippen molar-refractivity contribution < 1.29 is 4.39 Å². The Kier molecular flexibility index (Phi) is 4.31. The highest BCUT2D eigenvalue weighted by Gasteiger charge is 2.21. The van der Waals surface area contributed by atoms with Crippen molar-refractivity contribution in [1.29, 1.82) is 0 Å². The summed E-state index contributed by atoms with van der Waals surface area (Å²) in [7, 11) is 0. The Morgan fingerprint density at radius 3 is 2.29 bits per heavy atom. The molecule has 0 heterocycles. The molecule has 1 rings (SSSR count). The summed E-state index contributed by atoms with van der Waals surface area (Å²) in [6.07, 6.45) is 0.883. The van der Waals surface area contributed by atoms with Crippen LogP contribution < -0.4 is 5.32 Å². The van der Waals surface area contributed by atoms with Gasteiger partial charge < -0.3 is 5.32 Å². The van der Waals surface area contributed by atoms with E-state index in [4.69, 9.17) is 0 Å². The minimum absolute atomic E-state index is 0.124. The Labute approximate surface area is 104 Å². The summed E-state index contributed by atoms with van der Waals surface area (Å²) in [5, 5.41) is 3.50. The third-order valence-corrected chi connectivity index (χ3v) is 2.67. The van der Waals surface area contributed by atoms with E-state index in [1.807, 2.05) is 6.07 Å². The fourth-order valence-electron chi connectivity index (χ4n) is 1.77. The number of hydrogen-bond donors (Lipinski definition) is 1. The monoisotopic (exact) mass is 237 g/mol. The van der Waals surface area contributed by atoms with E-state index in [2.05, 4.69) is 39.9 Å². The summed E-state index contributed by atoms with van der Waals surface area (Å²) in [6.45, 7) is 11.8. The fourth-order valence-corrected chi connectivity index (χ4v) is 1.77. The van der Waals surface area contributed by atoms with Gasteiger partial charge in [0.1, 0.15) is 5.82 Å². The molecule has 0 saturated carbocycles. The largest absolute Gasteiger partial charge is 0.312 e. The molecule has 1 aromatic rings. The van der Waals surface area contributed by atoms with Crippen LogP contribution in [0.5, 0.6) is 0 Å². The smallest absolute Gasteiger partial charge is 0.123 e. The second-order valence-corrected chi connectivity index (χ2v) is 6.57. The quantitative estimate of drug-likeness (QED) is 0.840. The zero-order valence-corrected chi connectivity index (χ0v) is 11.6. The summed E-state index contributed by atoms with van der Waals surface area (Å²) < 4.78 is 13.1. The number of halogens is 1. The molecule has 0 atom stereocenters. The minimum Gasteiger partial charge on any atom is -0.312 e. The van der Waals surface area contributed by atoms with Crippen molar-refractivity contribution in [2.24, 2.45) is 5.41 Å². The Balaban J connectivity index is 2.60. The summed E-state index contributed by atoms with van der Waals surface area (Å²) in [6, 6.07) is 6.88. The molecule has 0 saturated heterocycles. The first-order valence-electron chi connectivity index (χ1n) is 6.17. The van der Waals surface area contributed by atoms with Crippen LogP contribution in [0.3, 0.4) is 0 Å². The van der Waals surface area contributed by atoms with Gasteiger partial charge in [-0.3, -0.25) is 0 Å². The van der Waals surface area contributed by atoms with Gasteiger partial charge in [-0.2, -0.15) is 0 Å². The molecule has 0 aromatic heterocycles. The molecular formula is C15H24FN. The lowest BCUT2D eigenvalue weighted by Gasteiger charge is -2.30. The Bertz CT molecular complexity index is 363. The lowest BCUT2D eigenvalue weighted by Crippen LogP contribution is -2.42. The molecule has 1 aromatic carbocycles. The number of benzene rings is 1. The van der Waals surface area contributed by atoms with Crippen LogP contribution in [0.15, 0.2) is 24.3 Å². The van der Waals surface area contributed by atoms with E-state index in [0.29, 0.717) is 0 Å². The van der Waals surface area contributed by atoms with Crippen LogP contribution >= 0.6 is 0 Å². The molecule has 0 aliphatic rings. The van der Waals surface area contributed by atoms with E-state index in [1.165, 1.54) is 6.07 Å². The molecule has 0 unspecified atom stereocenters. The molecule has 0 amide bonds. The van der Waals surface area contributed by atoms with Crippen molar-refractivity contribution in [3.8, 4) is 0 Å². The van der Waals surface area contributed by atoms with Gasteiger partial charge in [-0.25, -0.2) is 4.39 Å². The topological polar surface area (TPSA) is 12.0 Å². The van der Waals surface area contributed by atoms with Crippen LogP contribution in [0.2, 0.25) is 0 Å². The molecule has 0 aliphatic carbocycles. The van der Waals surface area contributed by atoms with Gasteiger partial charge in [0.2, 0.25) is 0 Å². The van der Waals surface area contributed by atoms with Crippen molar-refractivity contribution in [3.05, 3.63) is 35.6 Å². The Morgan fingerprint density at radius 1 is 1.12 bits per heavy atom. The fraction of sp³-hybridized carbons (Fsp3) is 0.600. The standard InChI is InChI=1S/C15H24FN/c1-14(2,3)17-11-15(4,5)10-12-7-6-8-13(16)9-12/h6-9,17H,10-11H2,1-5H3. The van der Waals surface area contributed by atoms with Crippen LogP contribution in [-0.2, 0) is 6.42 Å². The predicted octanol–water partition coefficient (Wildman–Crippen LogP) is 3.78. The molecule has 0 spiro atoms. The molecular weight excluding hydrogens is 213 g/mol. The van der Waals surface area contributed by atoms with E-state index in [9.17, 15) is 4.39 Å². The first-order valence-corrected chi connectivity index (χ1v) is 6.17. The average molecular weight is 237 g/mol. The lowest BCUT2D eigenvalue weighted by molar-refractivity contribution is 0.288. The maximum atomic E-state index is 13.1. The van der Waals surface area contributed by atoms with E-state index in [0.717, 1.165) is 18.5 Å². The highest BCUT2D eigenvalue weighted by molar-refractivity contribution is 5.17. The number of hydrogen-bond acceptors (Lipinski definition) is 1. The van der Waals surface area contributed by atoms with E-state index < -0.39 is 0 Å². The molecule has 0 aliphatic heterocycles. The zero-order valence-electron chi connectivity index (χ0n) is 11.6. The summed E-state index contributed by atoms with van der Waals surface area (Å²) in [5.74, 6) is -0.151. The van der Waals surface area contributed by atoms with Crippen LogP contribution in [0, 0.1) is 11.2 Å². The van der Waals surface area contributed by atoms with Crippen LogP contribution in [0.25, 0.3) is 0 Å². The van der Waals surface area contributed by atoms with Gasteiger partial charge in [-0.1, -0.05) is 26.0 Å². The van der Waals surface area contributed by atoms with Crippen molar-refractivity contribution in [2.75, 3.05) is 6.54 Å². The summed E-state index contributed by atoms with van der Waals surface area (Å²) in [4.78, 5) is 0. The molecule has 0 bridgehead atoms. The SMILES string of the molecule is CC(C)(CNC(C)(C)C)Cc1cccc(F)c1. The van der Waals surface area contributed by atoms with Gasteiger partial charge in [0, 0.05) is 12.1 Å². The Hall–Kier alpha value is -0.890. The van der Waals surface area contributed by atoms with Crippen molar-refractivity contribution in [3.63, 3.8) is 0 Å². The molecule has 96 valence electrons. The maximum Gasteiger partial charge on any atom is 0.123 e. The second-order valence-electron chi connectivity index (χ2n) is 6.57. The normalized spacial score (nSPS) is 12.8. The highest BCUT2D eigenvalue weighted by Crippen LogP contribution is 2.22. The number of nitrogens with one attached hydrogen (secondary N) is 1. The van der Waals surface area contributed by atoms with Crippen molar-refractivity contribution in [2.45, 2.75) is 46.6 Å². The highest BCUT2D eigenvalue weighted by atomic mass is 19.1. The maximum absolute atomic E-state index is 13.1. The van der Waals surface area contributed by atoms with Gasteiger partial charge in [-0.15, -0.1) is 0 Å². The van der Waals surface area contributed by atoms with Gasteiger partial charge in [0.05, 0.1) is 0 Å². The molecule has 0 radical (unpaired) electrons. The second kappa shape index (κ2) is 5.18. The van der Waals surface area contributed by atoms with Crippen LogP contribution in [0.4, 0.5) is 4.39 Å². The first-order chi connectivity index (χ1) is 7.68. The van der Waals surface area contributed by atoms with Gasteiger partial charge in [-0.05, 0) is 50.3 Å². The van der Waals surface area contributed by atoms with Crippen molar-refractivity contribution in [1.82, 2.24) is 5.32 Å². The molecule has 1 nitrogen and oxygen atoms in total. The molecule has 17 heavy (non-hydrogen) atoms. The number of rotatable bonds is 4. The Morgan fingerprint density at radius 2 is 1.76 bits per heavy atom. The lowest BCUT2D eigenvalue weighted by atomic mass is 9.85. The van der Waals surface area contributed by atoms with Gasteiger partial charge >= 0.3 is 0 Å². The summed E-state index contributed by atoms with van der Waals surface area (Å²) >= 11 is 0. The summed E-state index contributed by atoms with van der Waals surface area (Å²) in [5.41, 5.74) is 1.31. The van der Waals surface area contributed by atoms with Crippen LogP contribution in [-0.4, -0.2) is 12.1 Å². The third kappa shape index (κ3) is 5.83. The average Bonchev–Trinajstić information content (AvgIpc) is 2.13. The molecule has 0 fully saturated rings. The van der Waals surface area contributed by atoms with Gasteiger partial charge in [0.25, 0.3) is 0 Å². The predicted molar refractivity (Wildman–Crippen MR) is 71.6 cm³/mol. The molecule has 2 heteroatoms. The van der Waals surface area contributed by atoms with Crippen LogP contribution in [0.1, 0.15) is 40.2 Å². The van der Waals surface area contributed by atoms with E-state index in [-0.39, 0.29) is 16.8 Å². The zero-order chi connectivity index (χ0) is 13.1. The van der Waals surface area contributed by atoms with E-state index >= 15 is 0 Å². The first kappa shape index (κ1) is 14.2. The molecule has 1 N–H and O–H groups in total. The third-order valence-electron chi connectivity index (χ3n) is 2.67. The minimum atomic E-state index is -0.151. The van der Waals surface area contributed by atoms with Gasteiger partial charge in [0.15, 0.2) is 0 Å².